The second-order valence-corrected chi connectivity index (χ2v) is 6.32. The number of carboxylic acid groups (broad SMARTS) is 1. The Hall–Kier alpha value is -2.89. The van der Waals surface area contributed by atoms with Crippen LogP contribution in [0.15, 0.2) is 48.7 Å². The van der Waals surface area contributed by atoms with Gasteiger partial charge < -0.3 is 15.2 Å². The second-order valence-electron chi connectivity index (χ2n) is 6.32. The van der Waals surface area contributed by atoms with Crippen molar-refractivity contribution in [2.24, 2.45) is 0 Å². The molecule has 1 saturated carbocycles. The first-order valence-electron chi connectivity index (χ1n) is 8.23. The lowest BCUT2D eigenvalue weighted by Crippen LogP contribution is -2.54. The summed E-state index contributed by atoms with van der Waals surface area (Å²) in [6, 6.07) is 12.8. The number of benzene rings is 1. The molecule has 6 heteroatoms. The van der Waals surface area contributed by atoms with Crippen LogP contribution in [-0.2, 0) is 11.4 Å². The molecule has 1 aliphatic rings. The Kier molecular flexibility index (Phi) is 4.97. The molecule has 130 valence electrons. The van der Waals surface area contributed by atoms with Crippen molar-refractivity contribution in [2.75, 3.05) is 0 Å². The molecule has 0 radical (unpaired) electrons. The summed E-state index contributed by atoms with van der Waals surface area (Å²) in [6.45, 7) is 0.363. The van der Waals surface area contributed by atoms with Crippen LogP contribution < -0.4 is 10.1 Å². The molecule has 6 nitrogen and oxygen atoms in total. The van der Waals surface area contributed by atoms with Crippen LogP contribution in [0.2, 0.25) is 0 Å². The van der Waals surface area contributed by atoms with Gasteiger partial charge in [-0.3, -0.25) is 9.59 Å². The maximum Gasteiger partial charge on any atom is 0.305 e. The van der Waals surface area contributed by atoms with E-state index in [1.54, 1.807) is 12.1 Å². The van der Waals surface area contributed by atoms with Crippen LogP contribution in [-0.4, -0.2) is 27.5 Å². The molecule has 1 aromatic carbocycles. The highest BCUT2D eigenvalue weighted by Gasteiger charge is 2.40. The summed E-state index contributed by atoms with van der Waals surface area (Å²) in [5.41, 5.74) is 0.792. The van der Waals surface area contributed by atoms with Crippen LogP contribution in [0.4, 0.5) is 0 Å². The largest absolute Gasteiger partial charge is 0.481 e. The number of aromatic nitrogens is 1. The smallest absolute Gasteiger partial charge is 0.305 e. The zero-order chi connectivity index (χ0) is 17.7. The van der Waals surface area contributed by atoms with Gasteiger partial charge in [-0.1, -0.05) is 30.3 Å². The number of nitrogens with one attached hydrogen (secondary N) is 1. The number of carboxylic acids is 1. The third-order valence-corrected chi connectivity index (χ3v) is 4.41. The molecule has 1 amide bonds. The van der Waals surface area contributed by atoms with E-state index in [1.807, 2.05) is 30.3 Å². The average molecular weight is 340 g/mol. The summed E-state index contributed by atoms with van der Waals surface area (Å²) >= 11 is 0. The van der Waals surface area contributed by atoms with Crippen molar-refractivity contribution in [3.8, 4) is 5.88 Å². The first kappa shape index (κ1) is 17.0. The van der Waals surface area contributed by atoms with Crippen LogP contribution in [0.25, 0.3) is 0 Å². The topological polar surface area (TPSA) is 88.5 Å². The van der Waals surface area contributed by atoms with E-state index in [1.165, 1.54) is 6.20 Å². The first-order valence-corrected chi connectivity index (χ1v) is 8.23. The Morgan fingerprint density at radius 3 is 2.60 bits per heavy atom. The van der Waals surface area contributed by atoms with Crippen molar-refractivity contribution in [2.45, 2.75) is 37.8 Å². The number of aliphatic carboxylic acids is 1. The van der Waals surface area contributed by atoms with Crippen LogP contribution >= 0.6 is 0 Å². The van der Waals surface area contributed by atoms with Crippen molar-refractivity contribution in [3.05, 3.63) is 59.8 Å². The average Bonchev–Trinajstić information content (AvgIpc) is 2.59. The number of pyridine rings is 1. The summed E-state index contributed by atoms with van der Waals surface area (Å²) in [5.74, 6) is -0.841. The summed E-state index contributed by atoms with van der Waals surface area (Å²) in [4.78, 5) is 27.6. The molecule has 1 heterocycles. The van der Waals surface area contributed by atoms with Gasteiger partial charge in [-0.05, 0) is 30.9 Å². The fraction of sp³-hybridized carbons (Fsp3) is 0.316. The van der Waals surface area contributed by atoms with E-state index in [-0.39, 0.29) is 12.3 Å². The molecule has 0 saturated heterocycles. The van der Waals surface area contributed by atoms with Gasteiger partial charge in [-0.2, -0.15) is 0 Å². The minimum absolute atomic E-state index is 0.0544. The number of nitrogens with zero attached hydrogens (tertiary/aromatic N) is 1. The number of carbonyl (C=O) groups excluding carboxylic acids is 1. The summed E-state index contributed by atoms with van der Waals surface area (Å²) in [7, 11) is 0. The van der Waals surface area contributed by atoms with Gasteiger partial charge in [-0.15, -0.1) is 0 Å². The normalized spacial score (nSPS) is 15.0. The van der Waals surface area contributed by atoms with Crippen LogP contribution in [0.5, 0.6) is 5.88 Å². The van der Waals surface area contributed by atoms with Gasteiger partial charge in [-0.25, -0.2) is 4.98 Å². The number of hydrogen-bond acceptors (Lipinski definition) is 4. The maximum atomic E-state index is 12.5. The van der Waals surface area contributed by atoms with E-state index >= 15 is 0 Å². The molecule has 1 fully saturated rings. The summed E-state index contributed by atoms with van der Waals surface area (Å²) < 4.78 is 5.63. The SMILES string of the molecule is O=C(O)CC1(NC(=O)c2ccnc(OCc3ccccc3)c2)CCC1. The number of hydrogen-bond donors (Lipinski definition) is 2. The number of rotatable bonds is 7. The number of carbonyl (C=O) groups is 2. The lowest BCUT2D eigenvalue weighted by atomic mass is 9.74. The summed E-state index contributed by atoms with van der Waals surface area (Å²) in [5, 5.41) is 11.9. The summed E-state index contributed by atoms with van der Waals surface area (Å²) in [6.07, 6.45) is 3.76. The van der Waals surface area contributed by atoms with Gasteiger partial charge in [0.25, 0.3) is 5.91 Å². The van der Waals surface area contributed by atoms with E-state index in [9.17, 15) is 9.59 Å². The lowest BCUT2D eigenvalue weighted by Gasteiger charge is -2.41. The van der Waals surface area contributed by atoms with Gasteiger partial charge in [0.2, 0.25) is 5.88 Å². The number of ether oxygens (including phenoxy) is 1. The molecular formula is C19H20N2O4. The molecule has 2 aromatic rings. The Morgan fingerprint density at radius 1 is 1.20 bits per heavy atom. The zero-order valence-electron chi connectivity index (χ0n) is 13.8. The third kappa shape index (κ3) is 4.35. The third-order valence-electron chi connectivity index (χ3n) is 4.41. The molecule has 3 rings (SSSR count). The molecule has 1 aromatic heterocycles. The Labute approximate surface area is 145 Å². The molecule has 0 aliphatic heterocycles. The highest BCUT2D eigenvalue weighted by atomic mass is 16.5. The molecule has 25 heavy (non-hydrogen) atoms. The highest BCUT2D eigenvalue weighted by molar-refractivity contribution is 5.95. The Bertz CT molecular complexity index is 757. The van der Waals surface area contributed by atoms with Crippen LogP contribution in [0.1, 0.15) is 41.6 Å². The van der Waals surface area contributed by atoms with Gasteiger partial charge >= 0.3 is 5.97 Å². The zero-order valence-corrected chi connectivity index (χ0v) is 13.8. The fourth-order valence-corrected chi connectivity index (χ4v) is 2.91. The van der Waals surface area contributed by atoms with E-state index in [4.69, 9.17) is 9.84 Å². The van der Waals surface area contributed by atoms with E-state index in [0.29, 0.717) is 30.9 Å². The second kappa shape index (κ2) is 7.34. The van der Waals surface area contributed by atoms with Crippen molar-refractivity contribution >= 4 is 11.9 Å². The molecule has 0 bridgehead atoms. The van der Waals surface area contributed by atoms with Gasteiger partial charge in [0.15, 0.2) is 0 Å². The van der Waals surface area contributed by atoms with Gasteiger partial charge in [0, 0.05) is 17.8 Å². The van der Waals surface area contributed by atoms with E-state index < -0.39 is 11.5 Å². The predicted molar refractivity (Wildman–Crippen MR) is 91.3 cm³/mol. The minimum Gasteiger partial charge on any atom is -0.481 e. The monoisotopic (exact) mass is 340 g/mol. The first-order chi connectivity index (χ1) is 12.1. The maximum absolute atomic E-state index is 12.5. The van der Waals surface area contributed by atoms with E-state index in [2.05, 4.69) is 10.3 Å². The van der Waals surface area contributed by atoms with Crippen molar-refractivity contribution < 1.29 is 19.4 Å². The van der Waals surface area contributed by atoms with Gasteiger partial charge in [0.05, 0.1) is 12.0 Å². The molecule has 0 spiro atoms. The van der Waals surface area contributed by atoms with E-state index in [0.717, 1.165) is 12.0 Å². The van der Waals surface area contributed by atoms with Crippen molar-refractivity contribution in [1.29, 1.82) is 0 Å². The quantitative estimate of drug-likeness (QED) is 0.809. The fourth-order valence-electron chi connectivity index (χ4n) is 2.91. The highest BCUT2D eigenvalue weighted by Crippen LogP contribution is 2.35. The molecular weight excluding hydrogens is 320 g/mol. The predicted octanol–water partition coefficient (Wildman–Crippen LogP) is 2.79. The van der Waals surface area contributed by atoms with Crippen molar-refractivity contribution in [3.63, 3.8) is 0 Å². The Balaban J connectivity index is 1.64. The Morgan fingerprint density at radius 2 is 1.96 bits per heavy atom. The molecule has 0 atom stereocenters. The van der Waals surface area contributed by atoms with Crippen LogP contribution in [0, 0.1) is 0 Å². The molecule has 0 unspecified atom stereocenters. The molecule has 1 aliphatic carbocycles. The van der Waals surface area contributed by atoms with Crippen molar-refractivity contribution in [1.82, 2.24) is 10.3 Å². The van der Waals surface area contributed by atoms with Gasteiger partial charge in [0.1, 0.15) is 6.61 Å². The standard InChI is InChI=1S/C19H20N2O4/c22-17(23)12-19(8-4-9-19)21-18(24)15-7-10-20-16(11-15)25-13-14-5-2-1-3-6-14/h1-3,5-7,10-11H,4,8-9,12-13H2,(H,21,24)(H,22,23). The lowest BCUT2D eigenvalue weighted by molar-refractivity contribution is -0.139. The number of amides is 1. The minimum atomic E-state index is -0.901. The van der Waals surface area contributed by atoms with Crippen LogP contribution in [0.3, 0.4) is 0 Å². The molecule has 2 N–H and O–H groups in total.